The van der Waals surface area contributed by atoms with Crippen molar-refractivity contribution in [2.24, 2.45) is 0 Å². The Bertz CT molecular complexity index is 665. The third-order valence-corrected chi connectivity index (χ3v) is 3.70. The summed E-state index contributed by atoms with van der Waals surface area (Å²) in [6.07, 6.45) is 0.978. The van der Waals surface area contributed by atoms with Crippen LogP contribution in [-0.2, 0) is 0 Å². The molecule has 2 aromatic rings. The molecule has 1 unspecified atom stereocenters. The molecule has 0 saturated carbocycles. The number of hydrogen-bond acceptors (Lipinski definition) is 2. The normalized spacial score (nSPS) is 12.2. The van der Waals surface area contributed by atoms with Crippen molar-refractivity contribution in [2.75, 3.05) is 5.73 Å². The molecule has 1 atom stereocenters. The highest BCUT2D eigenvalue weighted by molar-refractivity contribution is 6.09. The van der Waals surface area contributed by atoms with Gasteiger partial charge in [-0.25, -0.2) is 8.78 Å². The van der Waals surface area contributed by atoms with Gasteiger partial charge in [0.2, 0.25) is 0 Å². The van der Waals surface area contributed by atoms with Gasteiger partial charge in [-0.3, -0.25) is 4.79 Å². The van der Waals surface area contributed by atoms with E-state index in [9.17, 15) is 13.6 Å². The highest BCUT2D eigenvalue weighted by atomic mass is 19.1. The summed E-state index contributed by atoms with van der Waals surface area (Å²) in [6.45, 7) is 4.15. The predicted octanol–water partition coefficient (Wildman–Crippen LogP) is 4.29. The summed E-state index contributed by atoms with van der Waals surface area (Å²) in [6, 6.07) is 8.90. The Kier molecular flexibility index (Phi) is 4.36. The zero-order chi connectivity index (χ0) is 15.6. The van der Waals surface area contributed by atoms with Crippen LogP contribution in [-0.4, -0.2) is 5.78 Å². The SMILES string of the molecule is CCC(C)c1ccc(C(=O)c2c(F)ccc(N)c2F)cc1. The monoisotopic (exact) mass is 289 g/mol. The van der Waals surface area contributed by atoms with Gasteiger partial charge in [-0.15, -0.1) is 0 Å². The molecule has 21 heavy (non-hydrogen) atoms. The van der Waals surface area contributed by atoms with E-state index in [4.69, 9.17) is 5.73 Å². The second-order valence-corrected chi connectivity index (χ2v) is 5.09. The number of nitrogens with two attached hydrogens (primary N) is 1. The van der Waals surface area contributed by atoms with Crippen molar-refractivity contribution < 1.29 is 13.6 Å². The number of carbonyl (C=O) groups is 1. The van der Waals surface area contributed by atoms with E-state index in [1.165, 1.54) is 0 Å². The molecule has 2 N–H and O–H groups in total. The van der Waals surface area contributed by atoms with Crippen LogP contribution in [0.2, 0.25) is 0 Å². The highest BCUT2D eigenvalue weighted by Gasteiger charge is 2.21. The molecule has 0 radical (unpaired) electrons. The standard InChI is InChI=1S/C17H17F2NO/c1-3-10(2)11-4-6-12(7-5-11)17(21)15-13(18)8-9-14(20)16(15)19/h4-10H,3,20H2,1-2H3. The molecule has 2 aromatic carbocycles. The molecule has 0 aliphatic rings. The van der Waals surface area contributed by atoms with E-state index in [2.05, 4.69) is 13.8 Å². The molecule has 0 aliphatic carbocycles. The van der Waals surface area contributed by atoms with E-state index in [-0.39, 0.29) is 11.3 Å². The second-order valence-electron chi connectivity index (χ2n) is 5.09. The smallest absolute Gasteiger partial charge is 0.199 e. The topological polar surface area (TPSA) is 43.1 Å². The lowest BCUT2D eigenvalue weighted by Gasteiger charge is -2.10. The van der Waals surface area contributed by atoms with E-state index >= 15 is 0 Å². The summed E-state index contributed by atoms with van der Waals surface area (Å²) in [5.41, 5.74) is 5.88. The summed E-state index contributed by atoms with van der Waals surface area (Å²) in [4.78, 5) is 12.3. The van der Waals surface area contributed by atoms with Crippen LogP contribution in [0, 0.1) is 11.6 Å². The maximum Gasteiger partial charge on any atom is 0.199 e. The minimum Gasteiger partial charge on any atom is -0.396 e. The molecule has 2 nitrogen and oxygen atoms in total. The van der Waals surface area contributed by atoms with Crippen molar-refractivity contribution in [3.63, 3.8) is 0 Å². The summed E-state index contributed by atoms with van der Waals surface area (Å²) in [5.74, 6) is -2.24. The molecule has 0 amide bonds. The third-order valence-electron chi connectivity index (χ3n) is 3.70. The maximum absolute atomic E-state index is 13.9. The summed E-state index contributed by atoms with van der Waals surface area (Å²) < 4.78 is 27.6. The van der Waals surface area contributed by atoms with Crippen LogP contribution >= 0.6 is 0 Å². The number of carbonyl (C=O) groups excluding carboxylic acids is 1. The molecule has 0 spiro atoms. The first-order valence-corrected chi connectivity index (χ1v) is 6.83. The fourth-order valence-electron chi connectivity index (χ4n) is 2.12. The number of benzene rings is 2. The molecule has 110 valence electrons. The Hall–Kier alpha value is -2.23. The van der Waals surface area contributed by atoms with Crippen molar-refractivity contribution in [1.82, 2.24) is 0 Å². The first-order valence-electron chi connectivity index (χ1n) is 6.83. The van der Waals surface area contributed by atoms with E-state index in [0.29, 0.717) is 5.92 Å². The number of rotatable bonds is 4. The van der Waals surface area contributed by atoms with Crippen LogP contribution in [0.3, 0.4) is 0 Å². The van der Waals surface area contributed by atoms with E-state index in [1.807, 2.05) is 12.1 Å². The van der Waals surface area contributed by atoms with E-state index in [0.717, 1.165) is 24.1 Å². The lowest BCUT2D eigenvalue weighted by atomic mass is 9.95. The van der Waals surface area contributed by atoms with Crippen LogP contribution in [0.1, 0.15) is 47.7 Å². The van der Waals surface area contributed by atoms with Gasteiger partial charge in [0.25, 0.3) is 0 Å². The van der Waals surface area contributed by atoms with Gasteiger partial charge in [0.1, 0.15) is 5.82 Å². The highest BCUT2D eigenvalue weighted by Crippen LogP contribution is 2.24. The average Bonchev–Trinajstić information content (AvgIpc) is 2.50. The summed E-state index contributed by atoms with van der Waals surface area (Å²) >= 11 is 0. The number of halogens is 2. The van der Waals surface area contributed by atoms with Gasteiger partial charge < -0.3 is 5.73 Å². The molecule has 0 fully saturated rings. The number of nitrogen functional groups attached to an aromatic ring is 1. The predicted molar refractivity (Wildman–Crippen MR) is 79.4 cm³/mol. The van der Waals surface area contributed by atoms with Crippen LogP contribution in [0.15, 0.2) is 36.4 Å². The van der Waals surface area contributed by atoms with Crippen LogP contribution < -0.4 is 5.73 Å². The molecule has 0 bridgehead atoms. The fraction of sp³-hybridized carbons (Fsp3) is 0.235. The summed E-state index contributed by atoms with van der Waals surface area (Å²) in [5, 5.41) is 0. The first-order chi connectivity index (χ1) is 9.95. The molecule has 0 saturated heterocycles. The second kappa shape index (κ2) is 6.04. The number of ketones is 1. The largest absolute Gasteiger partial charge is 0.396 e. The lowest BCUT2D eigenvalue weighted by molar-refractivity contribution is 0.103. The number of anilines is 1. The summed E-state index contributed by atoms with van der Waals surface area (Å²) in [7, 11) is 0. The van der Waals surface area contributed by atoms with Crippen molar-refractivity contribution in [3.05, 3.63) is 64.7 Å². The fourth-order valence-corrected chi connectivity index (χ4v) is 2.12. The molecule has 0 heterocycles. The number of hydrogen-bond donors (Lipinski definition) is 1. The van der Waals surface area contributed by atoms with E-state index < -0.39 is 23.0 Å². The van der Waals surface area contributed by atoms with Gasteiger partial charge in [0, 0.05) is 5.56 Å². The van der Waals surface area contributed by atoms with Gasteiger partial charge in [0.05, 0.1) is 11.3 Å². The molecular formula is C17H17F2NO. The molecular weight excluding hydrogens is 272 g/mol. The Morgan fingerprint density at radius 3 is 2.33 bits per heavy atom. The Morgan fingerprint density at radius 1 is 1.14 bits per heavy atom. The first kappa shape index (κ1) is 15.2. The molecule has 2 rings (SSSR count). The van der Waals surface area contributed by atoms with Gasteiger partial charge >= 0.3 is 0 Å². The van der Waals surface area contributed by atoms with Gasteiger partial charge in [-0.05, 0) is 30.0 Å². The van der Waals surface area contributed by atoms with Crippen LogP contribution in [0.5, 0.6) is 0 Å². The zero-order valence-electron chi connectivity index (χ0n) is 12.0. The quantitative estimate of drug-likeness (QED) is 0.674. The van der Waals surface area contributed by atoms with Crippen LogP contribution in [0.25, 0.3) is 0 Å². The van der Waals surface area contributed by atoms with Crippen molar-refractivity contribution >= 4 is 11.5 Å². The molecule has 0 aromatic heterocycles. The van der Waals surface area contributed by atoms with Crippen molar-refractivity contribution in [3.8, 4) is 0 Å². The molecule has 4 heteroatoms. The zero-order valence-corrected chi connectivity index (χ0v) is 12.0. The average molecular weight is 289 g/mol. The van der Waals surface area contributed by atoms with Gasteiger partial charge in [0.15, 0.2) is 11.6 Å². The van der Waals surface area contributed by atoms with Crippen molar-refractivity contribution in [2.45, 2.75) is 26.2 Å². The minimum atomic E-state index is -1.01. The lowest BCUT2D eigenvalue weighted by Crippen LogP contribution is -2.09. The van der Waals surface area contributed by atoms with Gasteiger partial charge in [-0.1, -0.05) is 38.1 Å². The van der Waals surface area contributed by atoms with Crippen LogP contribution in [0.4, 0.5) is 14.5 Å². The third kappa shape index (κ3) is 2.94. The Morgan fingerprint density at radius 2 is 1.76 bits per heavy atom. The van der Waals surface area contributed by atoms with Crippen molar-refractivity contribution in [1.29, 1.82) is 0 Å². The maximum atomic E-state index is 13.9. The minimum absolute atomic E-state index is 0.240. The Balaban J connectivity index is 2.39. The molecule has 0 aliphatic heterocycles. The van der Waals surface area contributed by atoms with E-state index in [1.54, 1.807) is 12.1 Å². The van der Waals surface area contributed by atoms with Gasteiger partial charge in [-0.2, -0.15) is 0 Å². The Labute approximate surface area is 122 Å².